The van der Waals surface area contributed by atoms with Gasteiger partial charge in [0, 0.05) is 19.1 Å². The second kappa shape index (κ2) is 4.59. The lowest BCUT2D eigenvalue weighted by Gasteiger charge is -2.33. The summed E-state index contributed by atoms with van der Waals surface area (Å²) in [5, 5.41) is 3.37. The predicted molar refractivity (Wildman–Crippen MR) is 58.9 cm³/mol. The van der Waals surface area contributed by atoms with Crippen LogP contribution < -0.4 is 11.1 Å². The third kappa shape index (κ3) is 2.66. The molecule has 6 nitrogen and oxygen atoms in total. The van der Waals surface area contributed by atoms with Crippen molar-refractivity contribution in [3.8, 4) is 0 Å². The molecule has 3 N–H and O–H groups in total. The normalized spacial score (nSPS) is 31.5. The number of rotatable bonds is 2. The molecule has 0 aliphatic carbocycles. The largest absolute Gasteiger partial charge is 0.373 e. The fourth-order valence-corrected chi connectivity index (χ4v) is 1.70. The summed E-state index contributed by atoms with van der Waals surface area (Å²) < 4.78 is 5.67. The molecule has 0 aromatic carbocycles. The number of guanidine groups is 1. The van der Waals surface area contributed by atoms with Gasteiger partial charge in [0.2, 0.25) is 5.96 Å². The third-order valence-corrected chi connectivity index (χ3v) is 2.64. The summed E-state index contributed by atoms with van der Waals surface area (Å²) in [5.74, 6) is 0.349. The van der Waals surface area contributed by atoms with Crippen LogP contribution in [0.4, 0.5) is 0 Å². The molecule has 0 amide bonds. The average molecular weight is 211 g/mol. The molecule has 2 rings (SSSR count). The van der Waals surface area contributed by atoms with Crippen LogP contribution >= 0.6 is 0 Å². The molecule has 0 aromatic heterocycles. The minimum Gasteiger partial charge on any atom is -0.373 e. The Bertz CT molecular complexity index is 278. The Hall–Kier alpha value is -1.14. The second-order valence-corrected chi connectivity index (χ2v) is 3.83. The van der Waals surface area contributed by atoms with Gasteiger partial charge in [-0.3, -0.25) is 0 Å². The summed E-state index contributed by atoms with van der Waals surface area (Å²) >= 11 is 0. The lowest BCUT2D eigenvalue weighted by Crippen LogP contribution is -2.51. The van der Waals surface area contributed by atoms with Crippen LogP contribution in [-0.2, 0) is 4.74 Å². The maximum atomic E-state index is 5.67. The topological polar surface area (TPSA) is 75.2 Å². The van der Waals surface area contributed by atoms with E-state index >= 15 is 0 Å². The number of hydrogen-bond acceptors (Lipinski definition) is 6. The van der Waals surface area contributed by atoms with Crippen LogP contribution in [0.1, 0.15) is 6.92 Å². The maximum Gasteiger partial charge on any atom is 0.218 e. The Morgan fingerprint density at radius 3 is 3.27 bits per heavy atom. The quantitative estimate of drug-likeness (QED) is 0.613. The van der Waals surface area contributed by atoms with Crippen LogP contribution in [0.3, 0.4) is 0 Å². The van der Waals surface area contributed by atoms with Crippen molar-refractivity contribution in [2.75, 3.05) is 26.4 Å². The SMILES string of the molecule is CC1NCCOC1CN1C=NC(N)=NC1. The van der Waals surface area contributed by atoms with Gasteiger partial charge in [0.05, 0.1) is 19.0 Å². The van der Waals surface area contributed by atoms with Gasteiger partial charge in [0.15, 0.2) is 0 Å². The average Bonchev–Trinajstić information content (AvgIpc) is 2.25. The van der Waals surface area contributed by atoms with E-state index in [-0.39, 0.29) is 6.10 Å². The standard InChI is InChI=1S/C9H17N5O/c1-7-8(15-3-2-11-7)4-14-5-12-9(10)13-6-14/h5,7-8,11H,2-4,6H2,1H3,(H2,10,13). The number of morpholine rings is 1. The van der Waals surface area contributed by atoms with E-state index in [1.807, 2.05) is 4.90 Å². The summed E-state index contributed by atoms with van der Waals surface area (Å²) in [6, 6.07) is 0.371. The highest BCUT2D eigenvalue weighted by Gasteiger charge is 2.23. The first-order chi connectivity index (χ1) is 7.25. The number of nitrogens with zero attached hydrogens (tertiary/aromatic N) is 3. The maximum absolute atomic E-state index is 5.67. The summed E-state index contributed by atoms with van der Waals surface area (Å²) in [6.07, 6.45) is 1.92. The monoisotopic (exact) mass is 211 g/mol. The van der Waals surface area contributed by atoms with Gasteiger partial charge in [0.25, 0.3) is 0 Å². The first kappa shape index (κ1) is 10.4. The first-order valence-corrected chi connectivity index (χ1v) is 5.19. The van der Waals surface area contributed by atoms with Crippen LogP contribution in [-0.4, -0.2) is 55.7 Å². The van der Waals surface area contributed by atoms with Crippen molar-refractivity contribution in [1.29, 1.82) is 0 Å². The Kier molecular flexibility index (Phi) is 3.17. The van der Waals surface area contributed by atoms with E-state index < -0.39 is 0 Å². The van der Waals surface area contributed by atoms with Gasteiger partial charge < -0.3 is 20.7 Å². The van der Waals surface area contributed by atoms with Crippen LogP contribution in [0.2, 0.25) is 0 Å². The Labute approximate surface area is 89.2 Å². The third-order valence-electron chi connectivity index (χ3n) is 2.64. The van der Waals surface area contributed by atoms with Crippen molar-refractivity contribution in [3.05, 3.63) is 0 Å². The van der Waals surface area contributed by atoms with Gasteiger partial charge in [0.1, 0.15) is 6.67 Å². The van der Waals surface area contributed by atoms with Gasteiger partial charge in [-0.15, -0.1) is 0 Å². The molecule has 2 aliphatic rings. The minimum atomic E-state index is 0.194. The lowest BCUT2D eigenvalue weighted by molar-refractivity contribution is -0.00881. The number of aliphatic imine (C=N–C) groups is 2. The van der Waals surface area contributed by atoms with Crippen LogP contribution in [0.15, 0.2) is 9.98 Å². The van der Waals surface area contributed by atoms with Gasteiger partial charge in [-0.05, 0) is 6.92 Å². The molecule has 1 saturated heterocycles. The molecule has 1 fully saturated rings. The van der Waals surface area contributed by atoms with E-state index in [0.717, 1.165) is 19.7 Å². The first-order valence-electron chi connectivity index (χ1n) is 5.19. The molecule has 0 radical (unpaired) electrons. The Morgan fingerprint density at radius 1 is 1.73 bits per heavy atom. The van der Waals surface area contributed by atoms with Crippen LogP contribution in [0.25, 0.3) is 0 Å². The number of ether oxygens (including phenoxy) is 1. The highest BCUT2D eigenvalue weighted by Crippen LogP contribution is 2.06. The number of nitrogens with one attached hydrogen (secondary N) is 1. The van der Waals surface area contributed by atoms with Crippen molar-refractivity contribution in [2.24, 2.45) is 15.7 Å². The lowest BCUT2D eigenvalue weighted by atomic mass is 10.1. The van der Waals surface area contributed by atoms with Crippen molar-refractivity contribution in [1.82, 2.24) is 10.2 Å². The summed E-state index contributed by atoms with van der Waals surface area (Å²) in [6.45, 7) is 5.20. The Morgan fingerprint density at radius 2 is 2.60 bits per heavy atom. The highest BCUT2D eigenvalue weighted by atomic mass is 16.5. The number of hydrogen-bond donors (Lipinski definition) is 2. The van der Waals surface area contributed by atoms with E-state index in [2.05, 4.69) is 22.2 Å². The zero-order chi connectivity index (χ0) is 10.7. The fourth-order valence-electron chi connectivity index (χ4n) is 1.70. The van der Waals surface area contributed by atoms with Crippen LogP contribution in [0.5, 0.6) is 0 Å². The van der Waals surface area contributed by atoms with Crippen molar-refractivity contribution in [2.45, 2.75) is 19.1 Å². The minimum absolute atomic E-state index is 0.194. The molecular weight excluding hydrogens is 194 g/mol. The van der Waals surface area contributed by atoms with Gasteiger partial charge in [-0.1, -0.05) is 0 Å². The second-order valence-electron chi connectivity index (χ2n) is 3.83. The molecule has 2 unspecified atom stereocenters. The Balaban J connectivity index is 1.84. The van der Waals surface area contributed by atoms with Crippen LogP contribution in [0, 0.1) is 0 Å². The van der Waals surface area contributed by atoms with Crippen molar-refractivity contribution < 1.29 is 4.74 Å². The summed E-state index contributed by atoms with van der Waals surface area (Å²) in [5.41, 5.74) is 5.44. The molecule has 2 aliphatic heterocycles. The van der Waals surface area contributed by atoms with E-state index in [1.165, 1.54) is 0 Å². The zero-order valence-corrected chi connectivity index (χ0v) is 8.89. The molecule has 6 heteroatoms. The molecule has 0 bridgehead atoms. The molecule has 0 saturated carbocycles. The summed E-state index contributed by atoms with van der Waals surface area (Å²) in [4.78, 5) is 10.0. The molecule has 0 aromatic rings. The molecule has 0 spiro atoms. The van der Waals surface area contributed by atoms with E-state index in [0.29, 0.717) is 18.7 Å². The predicted octanol–water partition coefficient (Wildman–Crippen LogP) is -1.02. The van der Waals surface area contributed by atoms with Crippen molar-refractivity contribution in [3.63, 3.8) is 0 Å². The molecule has 2 atom stereocenters. The van der Waals surface area contributed by atoms with Gasteiger partial charge >= 0.3 is 0 Å². The fraction of sp³-hybridized carbons (Fsp3) is 0.778. The number of nitrogens with two attached hydrogens (primary N) is 1. The zero-order valence-electron chi connectivity index (χ0n) is 8.89. The molecular formula is C9H17N5O. The summed E-state index contributed by atoms with van der Waals surface area (Å²) in [7, 11) is 0. The van der Waals surface area contributed by atoms with E-state index in [4.69, 9.17) is 10.5 Å². The molecule has 2 heterocycles. The molecule has 84 valence electrons. The van der Waals surface area contributed by atoms with E-state index in [9.17, 15) is 0 Å². The highest BCUT2D eigenvalue weighted by molar-refractivity contribution is 5.87. The smallest absolute Gasteiger partial charge is 0.218 e. The van der Waals surface area contributed by atoms with Crippen molar-refractivity contribution >= 4 is 12.3 Å². The van der Waals surface area contributed by atoms with Gasteiger partial charge in [-0.25, -0.2) is 9.98 Å². The van der Waals surface area contributed by atoms with E-state index in [1.54, 1.807) is 6.34 Å². The molecule has 15 heavy (non-hydrogen) atoms. The van der Waals surface area contributed by atoms with Gasteiger partial charge in [-0.2, -0.15) is 0 Å².